The lowest BCUT2D eigenvalue weighted by Gasteiger charge is -2.12. The Kier molecular flexibility index (Phi) is 7.03. The summed E-state index contributed by atoms with van der Waals surface area (Å²) in [4.78, 5) is 0. The summed E-state index contributed by atoms with van der Waals surface area (Å²) >= 11 is 0. The summed E-state index contributed by atoms with van der Waals surface area (Å²) in [6.07, 6.45) is -4.33. The molecular weight excluding hydrogens is 257 g/mol. The van der Waals surface area contributed by atoms with Crippen LogP contribution in [0.1, 0.15) is 32.6 Å². The smallest absolute Gasteiger partial charge is 0.327 e. The van der Waals surface area contributed by atoms with Crippen molar-refractivity contribution in [3.8, 4) is 0 Å². The fraction of sp³-hybridized carbons (Fsp3) is 1.00. The molecule has 0 aliphatic heterocycles. The molecule has 0 aliphatic carbocycles. The second-order valence-electron chi connectivity index (χ2n) is 3.93. The first-order valence-corrected chi connectivity index (χ1v) is 7.11. The van der Waals surface area contributed by atoms with E-state index in [9.17, 15) is 21.6 Å². The summed E-state index contributed by atoms with van der Waals surface area (Å²) < 4.78 is 60.2. The quantitative estimate of drug-likeness (QED) is 0.703. The summed E-state index contributed by atoms with van der Waals surface area (Å²) in [5.41, 5.74) is 5.58. The van der Waals surface area contributed by atoms with Crippen LogP contribution in [-0.2, 0) is 10.0 Å². The van der Waals surface area contributed by atoms with Gasteiger partial charge >= 0.3 is 6.18 Å². The highest BCUT2D eigenvalue weighted by Crippen LogP contribution is 2.21. The van der Waals surface area contributed by atoms with Gasteiger partial charge in [0, 0.05) is 19.0 Å². The highest BCUT2D eigenvalue weighted by molar-refractivity contribution is 7.89. The molecule has 0 fully saturated rings. The SMILES string of the molecule is CCCC(N)CNS(=O)(=O)CCCC(F)(F)F. The minimum Gasteiger partial charge on any atom is -0.327 e. The molecule has 0 aromatic carbocycles. The number of nitrogens with one attached hydrogen (secondary N) is 1. The minimum absolute atomic E-state index is 0.0716. The summed E-state index contributed by atoms with van der Waals surface area (Å²) in [6, 6.07) is -0.294. The van der Waals surface area contributed by atoms with E-state index >= 15 is 0 Å². The lowest BCUT2D eigenvalue weighted by Crippen LogP contribution is -2.38. The zero-order valence-electron chi connectivity index (χ0n) is 9.76. The molecule has 8 heteroatoms. The third-order valence-electron chi connectivity index (χ3n) is 2.10. The molecule has 4 nitrogen and oxygen atoms in total. The van der Waals surface area contributed by atoms with Crippen LogP contribution in [-0.4, -0.2) is 32.9 Å². The van der Waals surface area contributed by atoms with Crippen molar-refractivity contribution in [2.75, 3.05) is 12.3 Å². The Balaban J connectivity index is 3.89. The molecule has 17 heavy (non-hydrogen) atoms. The van der Waals surface area contributed by atoms with E-state index < -0.39 is 34.8 Å². The van der Waals surface area contributed by atoms with Crippen LogP contribution in [0.25, 0.3) is 0 Å². The van der Waals surface area contributed by atoms with E-state index in [1.54, 1.807) is 0 Å². The normalized spacial score (nSPS) is 14.9. The maximum atomic E-state index is 11.8. The van der Waals surface area contributed by atoms with Crippen molar-refractivity contribution < 1.29 is 21.6 Å². The van der Waals surface area contributed by atoms with Gasteiger partial charge in [-0.3, -0.25) is 0 Å². The molecule has 0 radical (unpaired) electrons. The highest BCUT2D eigenvalue weighted by atomic mass is 32.2. The molecule has 3 N–H and O–H groups in total. The summed E-state index contributed by atoms with van der Waals surface area (Å²) in [7, 11) is -3.65. The van der Waals surface area contributed by atoms with Gasteiger partial charge in [0.05, 0.1) is 5.75 Å². The van der Waals surface area contributed by atoms with Gasteiger partial charge in [0.15, 0.2) is 0 Å². The molecule has 1 unspecified atom stereocenters. The highest BCUT2D eigenvalue weighted by Gasteiger charge is 2.27. The van der Waals surface area contributed by atoms with E-state index in [1.165, 1.54) is 0 Å². The van der Waals surface area contributed by atoms with Gasteiger partial charge < -0.3 is 5.73 Å². The van der Waals surface area contributed by atoms with E-state index in [2.05, 4.69) is 4.72 Å². The number of rotatable bonds is 8. The van der Waals surface area contributed by atoms with Gasteiger partial charge in [-0.15, -0.1) is 0 Å². The van der Waals surface area contributed by atoms with E-state index in [0.717, 1.165) is 6.42 Å². The third kappa shape index (κ3) is 10.5. The number of nitrogens with two attached hydrogens (primary N) is 1. The zero-order valence-corrected chi connectivity index (χ0v) is 10.6. The second-order valence-corrected chi connectivity index (χ2v) is 5.86. The minimum atomic E-state index is -4.31. The van der Waals surface area contributed by atoms with Crippen LogP contribution >= 0.6 is 0 Å². The number of hydrogen-bond donors (Lipinski definition) is 2. The molecule has 0 saturated carbocycles. The Morgan fingerprint density at radius 3 is 2.41 bits per heavy atom. The van der Waals surface area contributed by atoms with Crippen LogP contribution in [0.15, 0.2) is 0 Å². The first kappa shape index (κ1) is 16.7. The van der Waals surface area contributed by atoms with Gasteiger partial charge in [0.2, 0.25) is 10.0 Å². The zero-order chi connectivity index (χ0) is 13.5. The van der Waals surface area contributed by atoms with Crippen molar-refractivity contribution in [1.82, 2.24) is 4.72 Å². The largest absolute Gasteiger partial charge is 0.389 e. The monoisotopic (exact) mass is 276 g/mol. The Hall–Kier alpha value is -0.340. The van der Waals surface area contributed by atoms with Gasteiger partial charge in [-0.25, -0.2) is 13.1 Å². The van der Waals surface area contributed by atoms with Crippen LogP contribution in [0.5, 0.6) is 0 Å². The molecule has 0 aliphatic rings. The van der Waals surface area contributed by atoms with Crippen molar-refractivity contribution in [2.45, 2.75) is 44.8 Å². The van der Waals surface area contributed by atoms with Crippen LogP contribution in [0, 0.1) is 0 Å². The molecule has 0 rings (SSSR count). The fourth-order valence-corrected chi connectivity index (χ4v) is 2.38. The summed E-state index contributed by atoms with van der Waals surface area (Å²) in [5.74, 6) is -0.522. The predicted octanol–water partition coefficient (Wildman–Crippen LogP) is 1.38. The topological polar surface area (TPSA) is 72.2 Å². The average molecular weight is 276 g/mol. The first-order chi connectivity index (χ1) is 7.66. The van der Waals surface area contributed by atoms with Gasteiger partial charge in [0.25, 0.3) is 0 Å². The Bertz CT molecular complexity index is 304. The molecule has 0 saturated heterocycles. The van der Waals surface area contributed by atoms with E-state index in [4.69, 9.17) is 5.73 Å². The molecular formula is C9H19F3N2O2S. The number of sulfonamides is 1. The predicted molar refractivity (Wildman–Crippen MR) is 60.0 cm³/mol. The molecule has 0 aromatic heterocycles. The molecule has 0 spiro atoms. The van der Waals surface area contributed by atoms with E-state index in [0.29, 0.717) is 6.42 Å². The van der Waals surface area contributed by atoms with Crippen molar-refractivity contribution >= 4 is 10.0 Å². The molecule has 0 amide bonds. The Labute approximate surface area is 99.8 Å². The van der Waals surface area contributed by atoms with Gasteiger partial charge in [-0.1, -0.05) is 13.3 Å². The number of hydrogen-bond acceptors (Lipinski definition) is 3. The second kappa shape index (κ2) is 7.17. The summed E-state index contributed by atoms with van der Waals surface area (Å²) in [6.45, 7) is 1.99. The van der Waals surface area contributed by atoms with Crippen molar-refractivity contribution in [2.24, 2.45) is 5.73 Å². The van der Waals surface area contributed by atoms with Crippen LogP contribution in [0.2, 0.25) is 0 Å². The number of halogens is 3. The fourth-order valence-electron chi connectivity index (χ4n) is 1.24. The third-order valence-corrected chi connectivity index (χ3v) is 3.53. The first-order valence-electron chi connectivity index (χ1n) is 5.46. The van der Waals surface area contributed by atoms with Crippen molar-refractivity contribution in [1.29, 1.82) is 0 Å². The standard InChI is InChI=1S/C9H19F3N2O2S/c1-2-4-8(13)7-14-17(15,16)6-3-5-9(10,11)12/h8,14H,2-7,13H2,1H3. The molecule has 0 heterocycles. The van der Waals surface area contributed by atoms with Gasteiger partial charge in [-0.2, -0.15) is 13.2 Å². The maximum absolute atomic E-state index is 11.8. The van der Waals surface area contributed by atoms with Crippen molar-refractivity contribution in [3.63, 3.8) is 0 Å². The lowest BCUT2D eigenvalue weighted by molar-refractivity contribution is -0.134. The van der Waals surface area contributed by atoms with Crippen LogP contribution < -0.4 is 10.5 Å². The Morgan fingerprint density at radius 2 is 1.94 bits per heavy atom. The molecule has 104 valence electrons. The Morgan fingerprint density at radius 1 is 1.35 bits per heavy atom. The van der Waals surface area contributed by atoms with Gasteiger partial charge in [0.1, 0.15) is 0 Å². The molecule has 1 atom stereocenters. The van der Waals surface area contributed by atoms with Crippen LogP contribution in [0.3, 0.4) is 0 Å². The number of alkyl halides is 3. The van der Waals surface area contributed by atoms with Crippen LogP contribution in [0.4, 0.5) is 13.2 Å². The van der Waals surface area contributed by atoms with Crippen molar-refractivity contribution in [3.05, 3.63) is 0 Å². The van der Waals surface area contributed by atoms with E-state index in [-0.39, 0.29) is 12.6 Å². The summed E-state index contributed by atoms with van der Waals surface area (Å²) in [5, 5.41) is 0. The molecule has 0 bridgehead atoms. The van der Waals surface area contributed by atoms with Gasteiger partial charge in [-0.05, 0) is 12.8 Å². The maximum Gasteiger partial charge on any atom is 0.389 e. The van der Waals surface area contributed by atoms with E-state index in [1.807, 2.05) is 6.92 Å². The average Bonchev–Trinajstić information content (AvgIpc) is 2.13. The molecule has 0 aromatic rings. The lowest BCUT2D eigenvalue weighted by atomic mass is 10.2.